The fourth-order valence-electron chi connectivity index (χ4n) is 3.34. The van der Waals surface area contributed by atoms with Gasteiger partial charge in [-0.3, -0.25) is 14.5 Å². The third-order valence-electron chi connectivity index (χ3n) is 4.58. The van der Waals surface area contributed by atoms with Crippen LogP contribution in [0.4, 0.5) is 5.69 Å². The van der Waals surface area contributed by atoms with Crippen molar-refractivity contribution in [2.45, 2.75) is 12.8 Å². The largest absolute Gasteiger partial charge is 0.457 e. The zero-order valence-corrected chi connectivity index (χ0v) is 13.1. The summed E-state index contributed by atoms with van der Waals surface area (Å²) in [7, 11) is 0. The molecule has 120 valence electrons. The Morgan fingerprint density at radius 1 is 0.750 bits per heavy atom. The van der Waals surface area contributed by atoms with Crippen LogP contribution >= 0.6 is 0 Å². The number of hydrogen-bond acceptors (Lipinski definition) is 3. The summed E-state index contributed by atoms with van der Waals surface area (Å²) in [6.45, 7) is 0. The molecule has 2 aliphatic rings. The molecular formula is C20H17NO3. The number of hydrogen-bond donors (Lipinski definition) is 0. The van der Waals surface area contributed by atoms with Crippen LogP contribution in [0, 0.1) is 11.8 Å². The van der Waals surface area contributed by atoms with Crippen molar-refractivity contribution in [2.24, 2.45) is 11.8 Å². The second-order valence-corrected chi connectivity index (χ2v) is 6.08. The number of allylic oxidation sites excluding steroid dienone is 2. The minimum atomic E-state index is -0.206. The third-order valence-corrected chi connectivity index (χ3v) is 4.58. The number of carbonyl (C=O) groups is 2. The zero-order valence-electron chi connectivity index (χ0n) is 13.1. The lowest BCUT2D eigenvalue weighted by Gasteiger charge is -2.15. The number of rotatable bonds is 3. The molecule has 4 rings (SSSR count). The van der Waals surface area contributed by atoms with Gasteiger partial charge in [0.2, 0.25) is 11.8 Å². The van der Waals surface area contributed by atoms with Crippen molar-refractivity contribution in [3.05, 3.63) is 66.7 Å². The minimum Gasteiger partial charge on any atom is -0.457 e. The molecule has 2 aromatic rings. The first-order valence-corrected chi connectivity index (χ1v) is 8.10. The standard InChI is InChI=1S/C20H17NO3/c22-19-17-8-4-5-9-18(17)20(23)21(19)14-10-12-16(13-11-14)24-15-6-2-1-3-7-15/h1-7,10-13,17-18H,8-9H2/t17-,18-/m0/s1. The van der Waals surface area contributed by atoms with Crippen molar-refractivity contribution in [3.63, 3.8) is 0 Å². The molecule has 1 heterocycles. The van der Waals surface area contributed by atoms with E-state index >= 15 is 0 Å². The Labute approximate surface area is 140 Å². The average Bonchev–Trinajstić information content (AvgIpc) is 2.88. The molecule has 0 N–H and O–H groups in total. The van der Waals surface area contributed by atoms with Crippen molar-refractivity contribution < 1.29 is 14.3 Å². The van der Waals surface area contributed by atoms with Crippen molar-refractivity contribution >= 4 is 17.5 Å². The van der Waals surface area contributed by atoms with Crippen molar-refractivity contribution in [1.29, 1.82) is 0 Å². The molecule has 1 aliphatic carbocycles. The van der Waals surface area contributed by atoms with Gasteiger partial charge < -0.3 is 4.74 Å². The van der Waals surface area contributed by atoms with Crippen LogP contribution in [0.3, 0.4) is 0 Å². The first-order chi connectivity index (χ1) is 11.7. The third kappa shape index (κ3) is 2.50. The van der Waals surface area contributed by atoms with Gasteiger partial charge in [0.05, 0.1) is 17.5 Å². The van der Waals surface area contributed by atoms with E-state index in [1.54, 1.807) is 24.3 Å². The van der Waals surface area contributed by atoms with Gasteiger partial charge in [0.1, 0.15) is 11.5 Å². The van der Waals surface area contributed by atoms with Gasteiger partial charge in [-0.05, 0) is 49.2 Å². The Morgan fingerprint density at radius 3 is 1.88 bits per heavy atom. The summed E-state index contributed by atoms with van der Waals surface area (Å²) < 4.78 is 5.75. The monoisotopic (exact) mass is 319 g/mol. The molecule has 4 heteroatoms. The van der Waals surface area contributed by atoms with Crippen LogP contribution in [0.2, 0.25) is 0 Å². The van der Waals surface area contributed by atoms with Crippen LogP contribution in [0.5, 0.6) is 11.5 Å². The lowest BCUT2D eigenvalue weighted by atomic mass is 9.85. The number of carbonyl (C=O) groups excluding carboxylic acids is 2. The molecule has 0 spiro atoms. The maximum atomic E-state index is 12.6. The lowest BCUT2D eigenvalue weighted by Crippen LogP contribution is -2.30. The fourth-order valence-corrected chi connectivity index (χ4v) is 3.34. The highest BCUT2D eigenvalue weighted by Gasteiger charge is 2.47. The Bertz CT molecular complexity index is 769. The number of amides is 2. The Balaban J connectivity index is 1.55. The number of anilines is 1. The second-order valence-electron chi connectivity index (χ2n) is 6.08. The first kappa shape index (κ1) is 14.7. The Kier molecular flexibility index (Phi) is 3.65. The van der Waals surface area contributed by atoms with E-state index in [9.17, 15) is 9.59 Å². The van der Waals surface area contributed by atoms with E-state index in [0.29, 0.717) is 24.3 Å². The molecule has 2 atom stereocenters. The van der Waals surface area contributed by atoms with E-state index in [-0.39, 0.29) is 23.7 Å². The number of ether oxygens (including phenoxy) is 1. The van der Waals surface area contributed by atoms with Gasteiger partial charge in [-0.1, -0.05) is 30.4 Å². The molecule has 0 saturated carbocycles. The van der Waals surface area contributed by atoms with Gasteiger partial charge in [0.15, 0.2) is 0 Å². The fraction of sp³-hybridized carbons (Fsp3) is 0.200. The molecule has 0 unspecified atom stereocenters. The molecule has 2 amide bonds. The summed E-state index contributed by atoms with van der Waals surface area (Å²) in [5.74, 6) is 0.821. The summed E-state index contributed by atoms with van der Waals surface area (Å²) in [4.78, 5) is 26.5. The normalized spacial score (nSPS) is 22.6. The van der Waals surface area contributed by atoms with Gasteiger partial charge in [-0.25, -0.2) is 0 Å². The van der Waals surface area contributed by atoms with Crippen LogP contribution in [0.1, 0.15) is 12.8 Å². The van der Waals surface area contributed by atoms with E-state index in [1.807, 2.05) is 42.5 Å². The minimum absolute atomic E-state index is 0.0916. The Hall–Kier alpha value is -2.88. The van der Waals surface area contributed by atoms with Crippen molar-refractivity contribution in [2.75, 3.05) is 4.90 Å². The highest BCUT2D eigenvalue weighted by Crippen LogP contribution is 2.38. The maximum Gasteiger partial charge on any atom is 0.238 e. The van der Waals surface area contributed by atoms with Crippen molar-refractivity contribution in [3.8, 4) is 11.5 Å². The van der Waals surface area contributed by atoms with E-state index in [2.05, 4.69) is 0 Å². The van der Waals surface area contributed by atoms with Crippen LogP contribution < -0.4 is 9.64 Å². The highest BCUT2D eigenvalue weighted by molar-refractivity contribution is 6.22. The number of benzene rings is 2. The average molecular weight is 319 g/mol. The van der Waals surface area contributed by atoms with Crippen LogP contribution in [0.25, 0.3) is 0 Å². The second kappa shape index (κ2) is 5.96. The van der Waals surface area contributed by atoms with Crippen LogP contribution in [0.15, 0.2) is 66.7 Å². The molecule has 1 saturated heterocycles. The van der Waals surface area contributed by atoms with Crippen LogP contribution in [-0.4, -0.2) is 11.8 Å². The molecule has 0 bridgehead atoms. The number of fused-ring (bicyclic) bond motifs is 1. The number of nitrogens with zero attached hydrogens (tertiary/aromatic N) is 1. The molecule has 4 nitrogen and oxygen atoms in total. The lowest BCUT2D eigenvalue weighted by molar-refractivity contribution is -0.122. The molecule has 2 aromatic carbocycles. The van der Waals surface area contributed by atoms with Gasteiger partial charge in [0, 0.05) is 0 Å². The molecule has 24 heavy (non-hydrogen) atoms. The smallest absolute Gasteiger partial charge is 0.238 e. The predicted octanol–water partition coefficient (Wildman–Crippen LogP) is 3.93. The summed E-state index contributed by atoms with van der Waals surface area (Å²) in [5.41, 5.74) is 0.611. The van der Waals surface area contributed by atoms with Gasteiger partial charge in [-0.2, -0.15) is 0 Å². The Morgan fingerprint density at radius 2 is 1.29 bits per heavy atom. The quantitative estimate of drug-likeness (QED) is 0.636. The number of imide groups is 1. The van der Waals surface area contributed by atoms with Gasteiger partial charge >= 0.3 is 0 Å². The zero-order chi connectivity index (χ0) is 16.5. The molecule has 1 aliphatic heterocycles. The number of para-hydroxylation sites is 1. The summed E-state index contributed by atoms with van der Waals surface area (Å²) in [6.07, 6.45) is 5.29. The SMILES string of the molecule is O=C1[C@H]2CC=CC[C@@H]2C(=O)N1c1ccc(Oc2ccccc2)cc1. The van der Waals surface area contributed by atoms with E-state index in [1.165, 1.54) is 4.90 Å². The first-order valence-electron chi connectivity index (χ1n) is 8.10. The predicted molar refractivity (Wildman–Crippen MR) is 90.8 cm³/mol. The van der Waals surface area contributed by atoms with Crippen molar-refractivity contribution in [1.82, 2.24) is 0 Å². The highest BCUT2D eigenvalue weighted by atomic mass is 16.5. The summed E-state index contributed by atoms with van der Waals surface area (Å²) in [5, 5.41) is 0. The molecular weight excluding hydrogens is 302 g/mol. The van der Waals surface area contributed by atoms with E-state index in [4.69, 9.17) is 4.74 Å². The van der Waals surface area contributed by atoms with Crippen LogP contribution in [-0.2, 0) is 9.59 Å². The van der Waals surface area contributed by atoms with E-state index < -0.39 is 0 Å². The summed E-state index contributed by atoms with van der Waals surface area (Å²) in [6, 6.07) is 16.6. The maximum absolute atomic E-state index is 12.6. The summed E-state index contributed by atoms with van der Waals surface area (Å²) >= 11 is 0. The molecule has 1 fully saturated rings. The molecule has 0 aromatic heterocycles. The molecule has 0 radical (unpaired) electrons. The van der Waals surface area contributed by atoms with Gasteiger partial charge in [-0.15, -0.1) is 0 Å². The van der Waals surface area contributed by atoms with E-state index in [0.717, 1.165) is 5.75 Å². The van der Waals surface area contributed by atoms with Gasteiger partial charge in [0.25, 0.3) is 0 Å². The topological polar surface area (TPSA) is 46.6 Å².